The standard InChI is InChI=1S/C13H7BrF2N4O/c14-9-10(16)19-11(17)12(18-9)20-4-3-6-1-2-7(15)5-8(6)13(20)21/h1-5H,(H2,17,19). The van der Waals surface area contributed by atoms with Crippen molar-refractivity contribution in [2.75, 3.05) is 5.73 Å². The molecule has 0 amide bonds. The van der Waals surface area contributed by atoms with Gasteiger partial charge in [-0.1, -0.05) is 6.07 Å². The van der Waals surface area contributed by atoms with Gasteiger partial charge in [-0.25, -0.2) is 9.37 Å². The van der Waals surface area contributed by atoms with Gasteiger partial charge >= 0.3 is 0 Å². The lowest BCUT2D eigenvalue weighted by Gasteiger charge is -2.09. The molecule has 5 nitrogen and oxygen atoms in total. The molecule has 1 aromatic carbocycles. The van der Waals surface area contributed by atoms with Gasteiger partial charge in [-0.2, -0.15) is 9.37 Å². The van der Waals surface area contributed by atoms with Crippen molar-refractivity contribution >= 4 is 32.5 Å². The average Bonchev–Trinajstić information content (AvgIpc) is 2.44. The molecule has 0 aliphatic heterocycles. The van der Waals surface area contributed by atoms with Crippen molar-refractivity contribution in [1.29, 1.82) is 0 Å². The van der Waals surface area contributed by atoms with Crippen LogP contribution in [0.5, 0.6) is 0 Å². The monoisotopic (exact) mass is 352 g/mol. The van der Waals surface area contributed by atoms with E-state index < -0.39 is 17.3 Å². The fourth-order valence-corrected chi connectivity index (χ4v) is 2.21. The molecule has 0 aliphatic rings. The fraction of sp³-hybridized carbons (Fsp3) is 0. The minimum Gasteiger partial charge on any atom is -0.381 e. The van der Waals surface area contributed by atoms with E-state index in [1.165, 1.54) is 18.3 Å². The normalized spacial score (nSPS) is 11.0. The molecule has 2 N–H and O–H groups in total. The van der Waals surface area contributed by atoms with Crippen LogP contribution in [0, 0.1) is 11.8 Å². The number of halogens is 3. The largest absolute Gasteiger partial charge is 0.381 e. The summed E-state index contributed by atoms with van der Waals surface area (Å²) in [6, 6.07) is 5.48. The van der Waals surface area contributed by atoms with Crippen LogP contribution in [0.4, 0.5) is 14.6 Å². The summed E-state index contributed by atoms with van der Waals surface area (Å²) in [5, 5.41) is 0.740. The highest BCUT2D eigenvalue weighted by Crippen LogP contribution is 2.19. The maximum atomic E-state index is 13.3. The smallest absolute Gasteiger partial charge is 0.264 e. The Kier molecular flexibility index (Phi) is 3.17. The van der Waals surface area contributed by atoms with Crippen molar-refractivity contribution in [3.05, 3.63) is 57.2 Å². The molecule has 0 saturated heterocycles. The van der Waals surface area contributed by atoms with E-state index in [0.29, 0.717) is 5.39 Å². The van der Waals surface area contributed by atoms with E-state index in [2.05, 4.69) is 25.9 Å². The molecule has 3 aromatic rings. The van der Waals surface area contributed by atoms with E-state index in [1.54, 1.807) is 6.07 Å². The highest BCUT2D eigenvalue weighted by atomic mass is 79.9. The molecule has 2 aromatic heterocycles. The van der Waals surface area contributed by atoms with Crippen molar-refractivity contribution in [1.82, 2.24) is 14.5 Å². The van der Waals surface area contributed by atoms with Crippen LogP contribution < -0.4 is 11.3 Å². The molecule has 0 saturated carbocycles. The summed E-state index contributed by atoms with van der Waals surface area (Å²) in [7, 11) is 0. The number of rotatable bonds is 1. The van der Waals surface area contributed by atoms with Crippen LogP contribution in [0.3, 0.4) is 0 Å². The summed E-state index contributed by atoms with van der Waals surface area (Å²) in [6.45, 7) is 0. The molecule has 0 radical (unpaired) electrons. The lowest BCUT2D eigenvalue weighted by atomic mass is 10.2. The number of pyridine rings is 1. The first-order valence-corrected chi connectivity index (χ1v) is 6.56. The molecule has 0 bridgehead atoms. The summed E-state index contributed by atoms with van der Waals surface area (Å²) < 4.78 is 27.5. The number of nitrogens with zero attached hydrogens (tertiary/aromatic N) is 3. The Labute approximate surface area is 125 Å². The molecule has 2 heterocycles. The van der Waals surface area contributed by atoms with E-state index in [1.807, 2.05) is 0 Å². The van der Waals surface area contributed by atoms with Gasteiger partial charge < -0.3 is 5.73 Å². The number of hydrogen-bond acceptors (Lipinski definition) is 4. The predicted octanol–water partition coefficient (Wildman–Crippen LogP) is 2.40. The Balaban J connectivity index is 2.34. The van der Waals surface area contributed by atoms with Crippen molar-refractivity contribution in [2.24, 2.45) is 0 Å². The molecule has 106 valence electrons. The predicted molar refractivity (Wildman–Crippen MR) is 77.2 cm³/mol. The molecule has 0 spiro atoms. The number of aromatic nitrogens is 3. The molecule has 3 rings (SSSR count). The number of nitrogen functional groups attached to an aromatic ring is 1. The zero-order valence-electron chi connectivity index (χ0n) is 10.3. The zero-order chi connectivity index (χ0) is 15.1. The number of anilines is 1. The van der Waals surface area contributed by atoms with Crippen LogP contribution >= 0.6 is 15.9 Å². The van der Waals surface area contributed by atoms with Crippen LogP contribution in [-0.4, -0.2) is 14.5 Å². The van der Waals surface area contributed by atoms with Gasteiger partial charge in [0.25, 0.3) is 5.56 Å². The first kappa shape index (κ1) is 13.6. The third-order valence-electron chi connectivity index (χ3n) is 2.92. The van der Waals surface area contributed by atoms with Gasteiger partial charge in [-0.05, 0) is 39.5 Å². The van der Waals surface area contributed by atoms with E-state index in [-0.39, 0.29) is 21.6 Å². The van der Waals surface area contributed by atoms with Gasteiger partial charge in [-0.3, -0.25) is 9.36 Å². The molecule has 8 heteroatoms. The second kappa shape index (κ2) is 4.88. The van der Waals surface area contributed by atoms with E-state index in [4.69, 9.17) is 5.73 Å². The Bertz CT molecular complexity index is 926. The Hall–Kier alpha value is -2.35. The number of nitrogens with two attached hydrogens (primary N) is 1. The summed E-state index contributed by atoms with van der Waals surface area (Å²) in [5.74, 6) is -1.68. The van der Waals surface area contributed by atoms with Crippen LogP contribution in [0.1, 0.15) is 0 Å². The lowest BCUT2D eigenvalue weighted by Crippen LogP contribution is -2.21. The topological polar surface area (TPSA) is 73.8 Å². The summed E-state index contributed by atoms with van der Waals surface area (Å²) in [5.41, 5.74) is 5.08. The highest BCUT2D eigenvalue weighted by Gasteiger charge is 2.14. The van der Waals surface area contributed by atoms with Gasteiger partial charge in [0, 0.05) is 6.20 Å². The molecule has 0 aliphatic carbocycles. The molecule has 21 heavy (non-hydrogen) atoms. The first-order valence-electron chi connectivity index (χ1n) is 5.77. The Morgan fingerprint density at radius 2 is 1.95 bits per heavy atom. The quantitative estimate of drug-likeness (QED) is 0.729. The summed E-state index contributed by atoms with van der Waals surface area (Å²) in [4.78, 5) is 19.7. The maximum Gasteiger partial charge on any atom is 0.264 e. The second-order valence-electron chi connectivity index (χ2n) is 4.24. The Morgan fingerprint density at radius 1 is 1.19 bits per heavy atom. The van der Waals surface area contributed by atoms with Crippen LogP contribution in [0.2, 0.25) is 0 Å². The first-order chi connectivity index (χ1) is 9.97. The minimum absolute atomic E-state index is 0.0283. The fourth-order valence-electron chi connectivity index (χ4n) is 1.95. The van der Waals surface area contributed by atoms with Crippen LogP contribution in [0.15, 0.2) is 39.9 Å². The van der Waals surface area contributed by atoms with Crippen LogP contribution in [-0.2, 0) is 0 Å². The number of hydrogen-bond donors (Lipinski definition) is 1. The van der Waals surface area contributed by atoms with Gasteiger partial charge in [0.2, 0.25) is 5.95 Å². The number of fused-ring (bicyclic) bond motifs is 1. The Morgan fingerprint density at radius 3 is 2.71 bits per heavy atom. The average molecular weight is 353 g/mol. The molecular weight excluding hydrogens is 346 g/mol. The van der Waals surface area contributed by atoms with E-state index in [0.717, 1.165) is 10.6 Å². The summed E-state index contributed by atoms with van der Waals surface area (Å²) >= 11 is 2.88. The molecule has 0 fully saturated rings. The second-order valence-corrected chi connectivity index (χ2v) is 4.99. The molecular formula is C13H7BrF2N4O. The highest BCUT2D eigenvalue weighted by molar-refractivity contribution is 9.10. The van der Waals surface area contributed by atoms with Crippen molar-refractivity contribution < 1.29 is 8.78 Å². The van der Waals surface area contributed by atoms with E-state index >= 15 is 0 Å². The van der Waals surface area contributed by atoms with Gasteiger partial charge in [0.15, 0.2) is 16.2 Å². The minimum atomic E-state index is -0.879. The van der Waals surface area contributed by atoms with Crippen LogP contribution in [0.25, 0.3) is 16.6 Å². The van der Waals surface area contributed by atoms with Gasteiger partial charge in [0.1, 0.15) is 5.82 Å². The maximum absolute atomic E-state index is 13.3. The van der Waals surface area contributed by atoms with Crippen molar-refractivity contribution in [2.45, 2.75) is 0 Å². The molecule has 0 atom stereocenters. The van der Waals surface area contributed by atoms with E-state index in [9.17, 15) is 13.6 Å². The lowest BCUT2D eigenvalue weighted by molar-refractivity contribution is 0.568. The number of benzene rings is 1. The summed E-state index contributed by atoms with van der Waals surface area (Å²) in [6.07, 6.45) is 1.42. The third kappa shape index (κ3) is 2.27. The molecule has 0 unspecified atom stereocenters. The third-order valence-corrected chi connectivity index (χ3v) is 3.42. The van der Waals surface area contributed by atoms with Crippen molar-refractivity contribution in [3.63, 3.8) is 0 Å². The van der Waals surface area contributed by atoms with Gasteiger partial charge in [-0.15, -0.1) is 0 Å². The van der Waals surface area contributed by atoms with Gasteiger partial charge in [0.05, 0.1) is 5.39 Å². The SMILES string of the molecule is Nc1nc(F)c(Br)nc1-n1ccc2ccc(F)cc2c1=O. The van der Waals surface area contributed by atoms with Crippen molar-refractivity contribution in [3.8, 4) is 5.82 Å². The zero-order valence-corrected chi connectivity index (χ0v) is 11.9.